The van der Waals surface area contributed by atoms with Crippen molar-refractivity contribution in [2.45, 2.75) is 6.10 Å². The van der Waals surface area contributed by atoms with Crippen LogP contribution in [0.4, 0.5) is 10.5 Å². The summed E-state index contributed by atoms with van der Waals surface area (Å²) in [5, 5.41) is 0.335. The Morgan fingerprint density at radius 1 is 1.13 bits per heavy atom. The molecule has 0 saturated carbocycles. The molecule has 10 heteroatoms. The Morgan fingerprint density at radius 2 is 1.90 bits per heavy atom. The van der Waals surface area contributed by atoms with E-state index in [0.29, 0.717) is 10.9 Å². The summed E-state index contributed by atoms with van der Waals surface area (Å²) >= 11 is 0. The van der Waals surface area contributed by atoms with Crippen molar-refractivity contribution in [3.8, 4) is 5.75 Å². The number of methoxy groups -OCH3 is 2. The molecule has 1 aliphatic rings. The van der Waals surface area contributed by atoms with Crippen molar-refractivity contribution in [1.29, 1.82) is 0 Å². The molecular weight excluding hydrogens is 394 g/mol. The van der Waals surface area contributed by atoms with Gasteiger partial charge in [0.15, 0.2) is 5.82 Å². The molecule has 2 aromatic carbocycles. The van der Waals surface area contributed by atoms with Gasteiger partial charge in [-0.3, -0.25) is 9.59 Å². The van der Waals surface area contributed by atoms with Crippen LogP contribution in [0.25, 0.3) is 10.9 Å². The van der Waals surface area contributed by atoms with Gasteiger partial charge in [-0.2, -0.15) is 0 Å². The number of aromatic amines is 1. The Bertz CT molecular complexity index is 1250. The quantitative estimate of drug-likeness (QED) is 0.648. The van der Waals surface area contributed by atoms with Crippen LogP contribution in [0, 0.1) is 0 Å². The largest absolute Gasteiger partial charge is 0.495 e. The van der Waals surface area contributed by atoms with Crippen LogP contribution in [0.5, 0.6) is 5.75 Å². The summed E-state index contributed by atoms with van der Waals surface area (Å²) in [6.45, 7) is 0. The minimum atomic E-state index is -1.46. The molecule has 2 heterocycles. The maximum Gasteiger partial charge on any atom is 0.422 e. The molecule has 4 rings (SSSR count). The molecule has 0 spiro atoms. The molecule has 1 atom stereocenters. The first-order valence-electron chi connectivity index (χ1n) is 8.74. The summed E-state index contributed by atoms with van der Waals surface area (Å²) in [4.78, 5) is 57.2. The number of anilines is 1. The number of imide groups is 1. The van der Waals surface area contributed by atoms with E-state index in [1.165, 1.54) is 32.4 Å². The standard InChI is InChI=1S/C20H15N3O7/c1-28-14-8-7-10(19(26)29-2)9-13(14)23-18(25)15(30-20(23)27)16-21-12-6-4-3-5-11(12)17(24)22-16/h3-9,15H,1-2H3,(H,21,22,24). The van der Waals surface area contributed by atoms with Crippen molar-refractivity contribution in [2.24, 2.45) is 0 Å². The van der Waals surface area contributed by atoms with Crippen molar-refractivity contribution in [1.82, 2.24) is 9.97 Å². The van der Waals surface area contributed by atoms with Crippen molar-refractivity contribution in [3.63, 3.8) is 0 Å². The summed E-state index contributed by atoms with van der Waals surface area (Å²) in [6, 6.07) is 10.7. The van der Waals surface area contributed by atoms with Crippen LogP contribution in [-0.2, 0) is 14.3 Å². The zero-order chi connectivity index (χ0) is 21.4. The minimum Gasteiger partial charge on any atom is -0.495 e. The van der Waals surface area contributed by atoms with Gasteiger partial charge in [-0.15, -0.1) is 0 Å². The van der Waals surface area contributed by atoms with E-state index < -0.39 is 29.6 Å². The van der Waals surface area contributed by atoms with Gasteiger partial charge in [-0.25, -0.2) is 19.5 Å². The zero-order valence-corrected chi connectivity index (χ0v) is 15.9. The topological polar surface area (TPSA) is 128 Å². The third-order valence-electron chi connectivity index (χ3n) is 4.57. The maximum atomic E-state index is 13.0. The van der Waals surface area contributed by atoms with E-state index in [0.717, 1.165) is 4.90 Å². The van der Waals surface area contributed by atoms with Gasteiger partial charge in [0.25, 0.3) is 11.5 Å². The van der Waals surface area contributed by atoms with Crippen molar-refractivity contribution < 1.29 is 28.6 Å². The van der Waals surface area contributed by atoms with Crippen molar-refractivity contribution in [2.75, 3.05) is 19.1 Å². The molecule has 1 aromatic heterocycles. The lowest BCUT2D eigenvalue weighted by atomic mass is 10.1. The summed E-state index contributed by atoms with van der Waals surface area (Å²) in [5.41, 5.74) is -0.0115. The summed E-state index contributed by atoms with van der Waals surface area (Å²) in [5.74, 6) is -1.40. The number of aromatic nitrogens is 2. The first-order valence-corrected chi connectivity index (χ1v) is 8.74. The van der Waals surface area contributed by atoms with Crippen LogP contribution >= 0.6 is 0 Å². The second-order valence-corrected chi connectivity index (χ2v) is 6.28. The molecule has 3 aromatic rings. The van der Waals surface area contributed by atoms with E-state index in [2.05, 4.69) is 14.7 Å². The molecule has 10 nitrogen and oxygen atoms in total. The second-order valence-electron chi connectivity index (χ2n) is 6.28. The first-order chi connectivity index (χ1) is 14.4. The highest BCUT2D eigenvalue weighted by atomic mass is 16.6. The second kappa shape index (κ2) is 7.32. The number of hydrogen-bond donors (Lipinski definition) is 1. The van der Waals surface area contributed by atoms with E-state index in [9.17, 15) is 19.2 Å². The van der Waals surface area contributed by atoms with Gasteiger partial charge >= 0.3 is 12.1 Å². The molecule has 152 valence electrons. The summed E-state index contributed by atoms with van der Waals surface area (Å²) in [6.07, 6.45) is -2.46. The van der Waals surface area contributed by atoms with Crippen LogP contribution in [0.1, 0.15) is 22.3 Å². The number of amides is 2. The number of ether oxygens (including phenoxy) is 3. The van der Waals surface area contributed by atoms with E-state index in [1.54, 1.807) is 24.3 Å². The number of cyclic esters (lactones) is 1. The Hall–Kier alpha value is -4.21. The number of esters is 1. The maximum absolute atomic E-state index is 13.0. The van der Waals surface area contributed by atoms with E-state index in [4.69, 9.17) is 9.47 Å². The number of benzene rings is 2. The fraction of sp³-hybridized carbons (Fsp3) is 0.150. The highest BCUT2D eigenvalue weighted by Gasteiger charge is 2.45. The highest BCUT2D eigenvalue weighted by Crippen LogP contribution is 2.36. The molecule has 1 saturated heterocycles. The fourth-order valence-corrected chi connectivity index (χ4v) is 3.14. The molecule has 1 unspecified atom stereocenters. The lowest BCUT2D eigenvalue weighted by molar-refractivity contribution is -0.122. The number of fused-ring (bicyclic) bond motifs is 1. The Balaban J connectivity index is 1.77. The van der Waals surface area contributed by atoms with Crippen LogP contribution in [0.3, 0.4) is 0 Å². The molecule has 0 radical (unpaired) electrons. The molecule has 0 bridgehead atoms. The predicted octanol–water partition coefficient (Wildman–Crippen LogP) is 1.94. The Labute approximate surface area is 169 Å². The first kappa shape index (κ1) is 19.1. The lowest BCUT2D eigenvalue weighted by Crippen LogP contribution is -2.30. The van der Waals surface area contributed by atoms with Gasteiger partial charge in [0, 0.05) is 0 Å². The summed E-state index contributed by atoms with van der Waals surface area (Å²) in [7, 11) is 2.56. The highest BCUT2D eigenvalue weighted by molar-refractivity contribution is 6.19. The number of para-hydroxylation sites is 1. The van der Waals surface area contributed by atoms with Crippen LogP contribution in [-0.4, -0.2) is 42.2 Å². The number of nitrogens with zero attached hydrogens (tertiary/aromatic N) is 2. The average molecular weight is 409 g/mol. The number of hydrogen-bond acceptors (Lipinski definition) is 8. The van der Waals surface area contributed by atoms with Gasteiger partial charge in [0.1, 0.15) is 5.75 Å². The number of nitrogens with one attached hydrogen (secondary N) is 1. The number of carbonyl (C=O) groups is 3. The normalized spacial score (nSPS) is 15.9. The van der Waals surface area contributed by atoms with E-state index in [-0.39, 0.29) is 22.8 Å². The Kier molecular flexibility index (Phi) is 4.66. The number of H-pyrrole nitrogens is 1. The van der Waals surface area contributed by atoms with Gasteiger partial charge in [-0.05, 0) is 30.3 Å². The molecule has 0 aliphatic carbocycles. The monoisotopic (exact) mass is 409 g/mol. The molecule has 1 N–H and O–H groups in total. The zero-order valence-electron chi connectivity index (χ0n) is 15.9. The van der Waals surface area contributed by atoms with Crippen molar-refractivity contribution in [3.05, 3.63) is 64.2 Å². The van der Waals surface area contributed by atoms with Gasteiger partial charge in [-0.1, -0.05) is 12.1 Å². The predicted molar refractivity (Wildman–Crippen MR) is 103 cm³/mol. The number of rotatable bonds is 4. The van der Waals surface area contributed by atoms with E-state index >= 15 is 0 Å². The number of carbonyl (C=O) groups excluding carboxylic acids is 3. The molecule has 2 amide bonds. The lowest BCUT2D eigenvalue weighted by Gasteiger charge is -2.16. The van der Waals surface area contributed by atoms with Crippen LogP contribution < -0.4 is 15.2 Å². The van der Waals surface area contributed by atoms with Crippen LogP contribution in [0.15, 0.2) is 47.3 Å². The minimum absolute atomic E-state index is 0.000959. The average Bonchev–Trinajstić information content (AvgIpc) is 3.06. The molecule has 30 heavy (non-hydrogen) atoms. The van der Waals surface area contributed by atoms with Gasteiger partial charge < -0.3 is 19.2 Å². The third kappa shape index (κ3) is 3.04. The smallest absolute Gasteiger partial charge is 0.422 e. The molecular formula is C20H15N3O7. The summed E-state index contributed by atoms with van der Waals surface area (Å²) < 4.78 is 15.1. The third-order valence-corrected chi connectivity index (χ3v) is 4.57. The van der Waals surface area contributed by atoms with Crippen molar-refractivity contribution >= 4 is 34.6 Å². The SMILES string of the molecule is COC(=O)c1ccc(OC)c(N2C(=O)OC(c3nc4ccccc4c(=O)[nH]3)C2=O)c1. The van der Waals surface area contributed by atoms with Gasteiger partial charge in [0.05, 0.1) is 36.4 Å². The van der Waals surface area contributed by atoms with E-state index in [1.807, 2.05) is 0 Å². The van der Waals surface area contributed by atoms with Gasteiger partial charge in [0.2, 0.25) is 6.10 Å². The Morgan fingerprint density at radius 3 is 2.63 bits per heavy atom. The fourth-order valence-electron chi connectivity index (χ4n) is 3.14. The molecule has 1 fully saturated rings. The molecule has 1 aliphatic heterocycles. The van der Waals surface area contributed by atoms with Crippen LogP contribution in [0.2, 0.25) is 0 Å².